The molecule has 0 saturated heterocycles. The van der Waals surface area contributed by atoms with Gasteiger partial charge in [-0.25, -0.2) is 0 Å². The minimum atomic E-state index is -0.0556. The average Bonchev–Trinajstić information content (AvgIpc) is 2.91. The first-order chi connectivity index (χ1) is 9.58. The van der Waals surface area contributed by atoms with Gasteiger partial charge in [0, 0.05) is 12.1 Å². The van der Waals surface area contributed by atoms with E-state index in [2.05, 4.69) is 24.5 Å². The van der Waals surface area contributed by atoms with Crippen molar-refractivity contribution in [2.75, 3.05) is 0 Å². The maximum absolute atomic E-state index is 12.3. The average molecular weight is 280 g/mol. The molecule has 2 rings (SSSR count). The number of carbonyl (C=O) groups excluding carboxylic acids is 1. The molecule has 3 unspecified atom stereocenters. The van der Waals surface area contributed by atoms with Crippen molar-refractivity contribution in [2.24, 2.45) is 11.8 Å². The number of hydrogen-bond donors (Lipinski definition) is 2. The van der Waals surface area contributed by atoms with Crippen LogP contribution in [0.4, 0.5) is 0 Å². The van der Waals surface area contributed by atoms with Crippen LogP contribution in [0.25, 0.3) is 0 Å². The SMILES string of the molecule is CC(NC1CCCCC1C(C)C)C(=O)NC1CCCC1. The van der Waals surface area contributed by atoms with Gasteiger partial charge < -0.3 is 10.6 Å². The zero-order valence-electron chi connectivity index (χ0n) is 13.5. The summed E-state index contributed by atoms with van der Waals surface area (Å²) in [6.45, 7) is 6.65. The first-order valence-corrected chi connectivity index (χ1v) is 8.64. The molecule has 0 heterocycles. The second-order valence-corrected chi connectivity index (χ2v) is 7.18. The van der Waals surface area contributed by atoms with Gasteiger partial charge >= 0.3 is 0 Å². The van der Waals surface area contributed by atoms with Crippen molar-refractivity contribution in [3.63, 3.8) is 0 Å². The van der Waals surface area contributed by atoms with Gasteiger partial charge in [0.05, 0.1) is 6.04 Å². The molecule has 116 valence electrons. The van der Waals surface area contributed by atoms with E-state index in [1.165, 1.54) is 38.5 Å². The highest BCUT2D eigenvalue weighted by molar-refractivity contribution is 5.81. The molecular weight excluding hydrogens is 248 g/mol. The number of rotatable bonds is 5. The summed E-state index contributed by atoms with van der Waals surface area (Å²) in [7, 11) is 0. The largest absolute Gasteiger partial charge is 0.352 e. The van der Waals surface area contributed by atoms with Crippen LogP contribution in [-0.4, -0.2) is 24.0 Å². The third-order valence-electron chi connectivity index (χ3n) is 5.23. The second-order valence-electron chi connectivity index (χ2n) is 7.18. The van der Waals surface area contributed by atoms with E-state index < -0.39 is 0 Å². The molecule has 2 N–H and O–H groups in total. The molecule has 3 heteroatoms. The molecular formula is C17H32N2O. The number of carbonyl (C=O) groups is 1. The Bertz CT molecular complexity index is 310. The molecule has 0 aliphatic heterocycles. The summed E-state index contributed by atoms with van der Waals surface area (Å²) in [5.74, 6) is 1.63. The normalized spacial score (nSPS) is 29.6. The van der Waals surface area contributed by atoms with Crippen LogP contribution >= 0.6 is 0 Å². The molecule has 2 saturated carbocycles. The first-order valence-electron chi connectivity index (χ1n) is 8.64. The van der Waals surface area contributed by atoms with Crippen molar-refractivity contribution in [3.8, 4) is 0 Å². The number of nitrogens with one attached hydrogen (secondary N) is 2. The summed E-state index contributed by atoms with van der Waals surface area (Å²) >= 11 is 0. The minimum absolute atomic E-state index is 0.0556. The molecule has 20 heavy (non-hydrogen) atoms. The van der Waals surface area contributed by atoms with E-state index >= 15 is 0 Å². The Hall–Kier alpha value is -0.570. The lowest BCUT2D eigenvalue weighted by atomic mass is 9.77. The van der Waals surface area contributed by atoms with Crippen LogP contribution < -0.4 is 10.6 Å². The quantitative estimate of drug-likeness (QED) is 0.812. The van der Waals surface area contributed by atoms with Gasteiger partial charge in [-0.1, -0.05) is 39.5 Å². The minimum Gasteiger partial charge on any atom is -0.352 e. The Morgan fingerprint density at radius 2 is 1.55 bits per heavy atom. The smallest absolute Gasteiger partial charge is 0.237 e. The van der Waals surface area contributed by atoms with Gasteiger partial charge in [-0.15, -0.1) is 0 Å². The standard InChI is InChI=1S/C17H32N2O/c1-12(2)15-10-6-7-11-16(15)18-13(3)17(20)19-14-8-4-5-9-14/h12-16,18H,4-11H2,1-3H3,(H,19,20). The lowest BCUT2D eigenvalue weighted by molar-refractivity contribution is -0.123. The Labute approximate surface area is 124 Å². The Morgan fingerprint density at radius 1 is 0.950 bits per heavy atom. The second kappa shape index (κ2) is 7.44. The topological polar surface area (TPSA) is 41.1 Å². The van der Waals surface area contributed by atoms with Crippen LogP contribution in [-0.2, 0) is 4.79 Å². The van der Waals surface area contributed by atoms with Gasteiger partial charge in [0.1, 0.15) is 0 Å². The molecule has 2 fully saturated rings. The fraction of sp³-hybridized carbons (Fsp3) is 0.941. The molecule has 0 radical (unpaired) electrons. The van der Waals surface area contributed by atoms with Crippen molar-refractivity contribution in [1.82, 2.24) is 10.6 Å². The molecule has 0 aromatic carbocycles. The Balaban J connectivity index is 1.82. The molecule has 3 nitrogen and oxygen atoms in total. The lowest BCUT2D eigenvalue weighted by Crippen LogP contribution is -2.52. The molecule has 3 atom stereocenters. The van der Waals surface area contributed by atoms with Gasteiger partial charge in [0.25, 0.3) is 0 Å². The molecule has 0 aromatic heterocycles. The summed E-state index contributed by atoms with van der Waals surface area (Å²) in [6.07, 6.45) is 10.1. The summed E-state index contributed by atoms with van der Waals surface area (Å²) in [5.41, 5.74) is 0. The van der Waals surface area contributed by atoms with Crippen LogP contribution in [0.3, 0.4) is 0 Å². The fourth-order valence-corrected chi connectivity index (χ4v) is 3.96. The molecule has 2 aliphatic rings. The van der Waals surface area contributed by atoms with Gasteiger partial charge in [-0.2, -0.15) is 0 Å². The molecule has 0 aromatic rings. The third-order valence-corrected chi connectivity index (χ3v) is 5.23. The van der Waals surface area contributed by atoms with Gasteiger partial charge in [-0.05, 0) is 44.4 Å². The van der Waals surface area contributed by atoms with E-state index in [-0.39, 0.29) is 11.9 Å². The van der Waals surface area contributed by atoms with Crippen LogP contribution in [0.15, 0.2) is 0 Å². The van der Waals surface area contributed by atoms with E-state index in [9.17, 15) is 4.79 Å². The van der Waals surface area contributed by atoms with E-state index in [1.54, 1.807) is 0 Å². The van der Waals surface area contributed by atoms with Crippen LogP contribution in [0.2, 0.25) is 0 Å². The van der Waals surface area contributed by atoms with E-state index in [4.69, 9.17) is 0 Å². The van der Waals surface area contributed by atoms with Crippen molar-refractivity contribution in [3.05, 3.63) is 0 Å². The predicted octanol–water partition coefficient (Wildman–Crippen LogP) is 3.24. The Morgan fingerprint density at radius 3 is 2.20 bits per heavy atom. The maximum Gasteiger partial charge on any atom is 0.237 e. The van der Waals surface area contributed by atoms with Crippen LogP contribution in [0, 0.1) is 11.8 Å². The van der Waals surface area contributed by atoms with Gasteiger partial charge in [0.15, 0.2) is 0 Å². The summed E-state index contributed by atoms with van der Waals surface area (Å²) in [6, 6.07) is 0.895. The highest BCUT2D eigenvalue weighted by atomic mass is 16.2. The highest BCUT2D eigenvalue weighted by Crippen LogP contribution is 2.30. The van der Waals surface area contributed by atoms with Gasteiger partial charge in [0.2, 0.25) is 5.91 Å². The van der Waals surface area contributed by atoms with Crippen molar-refractivity contribution >= 4 is 5.91 Å². The van der Waals surface area contributed by atoms with Gasteiger partial charge in [-0.3, -0.25) is 4.79 Å². The van der Waals surface area contributed by atoms with Crippen molar-refractivity contribution in [1.29, 1.82) is 0 Å². The van der Waals surface area contributed by atoms with E-state index in [0.717, 1.165) is 18.8 Å². The van der Waals surface area contributed by atoms with Crippen molar-refractivity contribution < 1.29 is 4.79 Å². The molecule has 1 amide bonds. The first kappa shape index (κ1) is 15.8. The third kappa shape index (κ3) is 4.21. The zero-order valence-corrected chi connectivity index (χ0v) is 13.5. The van der Waals surface area contributed by atoms with Crippen molar-refractivity contribution in [2.45, 2.75) is 90.3 Å². The van der Waals surface area contributed by atoms with E-state index in [0.29, 0.717) is 18.0 Å². The monoisotopic (exact) mass is 280 g/mol. The molecule has 0 spiro atoms. The lowest BCUT2D eigenvalue weighted by Gasteiger charge is -2.36. The molecule has 2 aliphatic carbocycles. The summed E-state index contributed by atoms with van der Waals surface area (Å²) in [5, 5.41) is 6.82. The van der Waals surface area contributed by atoms with E-state index in [1.807, 2.05) is 6.92 Å². The summed E-state index contributed by atoms with van der Waals surface area (Å²) < 4.78 is 0. The highest BCUT2D eigenvalue weighted by Gasteiger charge is 2.30. The molecule has 0 bridgehead atoms. The van der Waals surface area contributed by atoms with Crippen LogP contribution in [0.5, 0.6) is 0 Å². The zero-order chi connectivity index (χ0) is 14.5. The van der Waals surface area contributed by atoms with Crippen LogP contribution in [0.1, 0.15) is 72.1 Å². The maximum atomic E-state index is 12.3. The Kier molecular flexibility index (Phi) is 5.88. The summed E-state index contributed by atoms with van der Waals surface area (Å²) in [4.78, 5) is 12.3. The number of hydrogen-bond acceptors (Lipinski definition) is 2. The fourth-order valence-electron chi connectivity index (χ4n) is 3.96. The number of amides is 1. The predicted molar refractivity (Wildman–Crippen MR) is 83.6 cm³/mol.